The zero-order valence-corrected chi connectivity index (χ0v) is 16.8. The molecule has 4 rings (SSSR count). The maximum Gasteiger partial charge on any atom is 0.511 e. The van der Waals surface area contributed by atoms with Crippen molar-refractivity contribution in [1.29, 1.82) is 0 Å². The van der Waals surface area contributed by atoms with Gasteiger partial charge in [-0.1, -0.05) is 0 Å². The molecular weight excluding hydrogens is 400 g/mol. The van der Waals surface area contributed by atoms with Gasteiger partial charge in [0.1, 0.15) is 12.0 Å². The molecule has 4 atom stereocenters. The number of hydrogen-bond acceptors (Lipinski definition) is 6. The Hall–Kier alpha value is -2.72. The number of rotatable bonds is 4. The number of benzene rings is 1. The Labute approximate surface area is 170 Å². The van der Waals surface area contributed by atoms with E-state index in [4.69, 9.17) is 15.6 Å². The third-order valence-electron chi connectivity index (χ3n) is 5.94. The minimum Gasteiger partial charge on any atom is -0.449 e. The molecule has 2 fully saturated rings. The van der Waals surface area contributed by atoms with Crippen molar-refractivity contribution >= 4 is 22.7 Å². The van der Waals surface area contributed by atoms with Crippen LogP contribution in [-0.2, 0) is 4.74 Å². The van der Waals surface area contributed by atoms with E-state index in [0.29, 0.717) is 24.2 Å². The number of halogens is 2. The molecule has 0 bridgehead atoms. The first kappa shape index (κ1) is 20.5. The van der Waals surface area contributed by atoms with Gasteiger partial charge in [0, 0.05) is 26.6 Å². The number of alkyl halides is 1. The summed E-state index contributed by atoms with van der Waals surface area (Å²) in [7, 11) is 1.54. The summed E-state index contributed by atoms with van der Waals surface area (Å²) in [5, 5.41) is 8.84. The van der Waals surface area contributed by atoms with Gasteiger partial charge in [-0.3, -0.25) is 4.79 Å². The number of pyridine rings is 1. The summed E-state index contributed by atoms with van der Waals surface area (Å²) in [4.78, 5) is 25.5. The van der Waals surface area contributed by atoms with Crippen molar-refractivity contribution in [1.82, 2.24) is 4.57 Å². The van der Waals surface area contributed by atoms with E-state index >= 15 is 4.39 Å². The Morgan fingerprint density at radius 2 is 2.10 bits per heavy atom. The van der Waals surface area contributed by atoms with E-state index in [2.05, 4.69) is 4.74 Å². The topological polar surface area (TPSA) is 107 Å². The van der Waals surface area contributed by atoms with Crippen LogP contribution in [-0.4, -0.2) is 53.8 Å². The zero-order chi connectivity index (χ0) is 22.0. The SMILES string of the molecule is COC1CN(c2c(F)cc3c(=O)c(OC(=O)O)cn([C@@H]4C[C@@H]4F)c3c2C)CC1(C)N. The number of carboxylic acid groups (broad SMARTS) is 1. The fraction of sp³-hybridized carbons (Fsp3) is 0.500. The van der Waals surface area contributed by atoms with E-state index in [1.807, 2.05) is 6.92 Å². The van der Waals surface area contributed by atoms with Crippen molar-refractivity contribution in [3.8, 4) is 5.75 Å². The van der Waals surface area contributed by atoms with E-state index in [-0.39, 0.29) is 23.6 Å². The minimum absolute atomic E-state index is 0.0652. The van der Waals surface area contributed by atoms with Gasteiger partial charge in [0.05, 0.1) is 40.5 Å². The minimum atomic E-state index is -1.68. The van der Waals surface area contributed by atoms with Gasteiger partial charge < -0.3 is 29.8 Å². The van der Waals surface area contributed by atoms with Crippen LogP contribution >= 0.6 is 0 Å². The third-order valence-corrected chi connectivity index (χ3v) is 5.94. The number of anilines is 1. The first-order valence-corrected chi connectivity index (χ1v) is 9.54. The molecule has 2 aliphatic rings. The van der Waals surface area contributed by atoms with Crippen LogP contribution in [0, 0.1) is 12.7 Å². The summed E-state index contributed by atoms with van der Waals surface area (Å²) < 4.78 is 40.6. The lowest BCUT2D eigenvalue weighted by Gasteiger charge is -2.25. The van der Waals surface area contributed by atoms with Gasteiger partial charge in [-0.15, -0.1) is 0 Å². The average Bonchev–Trinajstić information content (AvgIpc) is 3.28. The van der Waals surface area contributed by atoms with Crippen LogP contribution in [0.2, 0.25) is 0 Å². The lowest BCUT2D eigenvalue weighted by atomic mass is 10.0. The fourth-order valence-corrected chi connectivity index (χ4v) is 4.40. The van der Waals surface area contributed by atoms with Gasteiger partial charge in [0.2, 0.25) is 5.43 Å². The molecule has 1 aromatic heterocycles. The lowest BCUT2D eigenvalue weighted by Crippen LogP contribution is -2.48. The highest BCUT2D eigenvalue weighted by atomic mass is 19.1. The molecule has 2 unspecified atom stereocenters. The zero-order valence-electron chi connectivity index (χ0n) is 16.8. The molecule has 1 aliphatic carbocycles. The standard InChI is InChI=1S/C20H23F2N3O5/c1-9-16-10(4-12(22)17(9)24-7-15(29-3)20(2,23)8-24)18(26)14(30-19(27)28)6-25(16)13-5-11(13)21/h4,6,11,13,15H,5,7-8,23H2,1-3H3,(H,27,28)/t11-,13+,15?,20?/m0/s1. The smallest absolute Gasteiger partial charge is 0.449 e. The average molecular weight is 423 g/mol. The van der Waals surface area contributed by atoms with Gasteiger partial charge in [0.25, 0.3) is 0 Å². The molecule has 8 nitrogen and oxygen atoms in total. The summed E-state index contributed by atoms with van der Waals surface area (Å²) in [6.45, 7) is 4.15. The molecule has 0 spiro atoms. The number of fused-ring (bicyclic) bond motifs is 1. The third kappa shape index (κ3) is 3.20. The van der Waals surface area contributed by atoms with Crippen molar-refractivity contribution in [2.45, 2.75) is 44.1 Å². The quantitative estimate of drug-likeness (QED) is 0.727. The summed E-state index contributed by atoms with van der Waals surface area (Å²) in [5.41, 5.74) is 5.87. The number of ether oxygens (including phenoxy) is 2. The van der Waals surface area contributed by atoms with Crippen LogP contribution in [0.1, 0.15) is 24.9 Å². The first-order valence-electron chi connectivity index (χ1n) is 9.54. The van der Waals surface area contributed by atoms with Crippen molar-refractivity contribution in [2.75, 3.05) is 25.1 Å². The predicted octanol–water partition coefficient (Wildman–Crippen LogP) is 2.34. The van der Waals surface area contributed by atoms with Crippen LogP contribution in [0.3, 0.4) is 0 Å². The molecule has 162 valence electrons. The van der Waals surface area contributed by atoms with E-state index in [1.165, 1.54) is 10.8 Å². The van der Waals surface area contributed by atoms with Crippen LogP contribution in [0.4, 0.5) is 19.3 Å². The van der Waals surface area contributed by atoms with Gasteiger partial charge in [0.15, 0.2) is 5.75 Å². The van der Waals surface area contributed by atoms with Crippen LogP contribution in [0.5, 0.6) is 5.75 Å². The van der Waals surface area contributed by atoms with Crippen LogP contribution in [0.15, 0.2) is 17.1 Å². The predicted molar refractivity (Wildman–Crippen MR) is 106 cm³/mol. The van der Waals surface area contributed by atoms with E-state index < -0.39 is 40.9 Å². The molecule has 1 saturated heterocycles. The molecule has 1 aliphatic heterocycles. The number of aromatic nitrogens is 1. The number of nitrogens with two attached hydrogens (primary N) is 1. The molecule has 2 heterocycles. The maximum atomic E-state index is 15.2. The summed E-state index contributed by atoms with van der Waals surface area (Å²) >= 11 is 0. The molecule has 10 heteroatoms. The molecule has 0 amide bonds. The van der Waals surface area contributed by atoms with Crippen molar-refractivity contribution in [2.24, 2.45) is 5.73 Å². The number of methoxy groups -OCH3 is 1. The fourth-order valence-electron chi connectivity index (χ4n) is 4.40. The number of hydrogen-bond donors (Lipinski definition) is 2. The highest BCUT2D eigenvalue weighted by molar-refractivity contribution is 5.89. The highest BCUT2D eigenvalue weighted by Crippen LogP contribution is 2.43. The van der Waals surface area contributed by atoms with Gasteiger partial charge in [-0.25, -0.2) is 13.6 Å². The Morgan fingerprint density at radius 3 is 2.63 bits per heavy atom. The largest absolute Gasteiger partial charge is 0.511 e. The Kier molecular flexibility index (Phi) is 4.74. The second-order valence-corrected chi connectivity index (χ2v) is 8.26. The molecule has 2 aromatic rings. The number of aryl methyl sites for hydroxylation is 1. The highest BCUT2D eigenvalue weighted by Gasteiger charge is 2.43. The monoisotopic (exact) mass is 423 g/mol. The second kappa shape index (κ2) is 6.92. The van der Waals surface area contributed by atoms with Crippen molar-refractivity contribution in [3.63, 3.8) is 0 Å². The molecule has 3 N–H and O–H groups in total. The van der Waals surface area contributed by atoms with Crippen molar-refractivity contribution in [3.05, 3.63) is 33.9 Å². The van der Waals surface area contributed by atoms with Crippen LogP contribution < -0.4 is 20.8 Å². The molecule has 1 saturated carbocycles. The molecule has 1 aromatic carbocycles. The summed E-state index contributed by atoms with van der Waals surface area (Å²) in [5.74, 6) is -1.15. The lowest BCUT2D eigenvalue weighted by molar-refractivity contribution is 0.0751. The van der Waals surface area contributed by atoms with Crippen LogP contribution in [0.25, 0.3) is 10.9 Å². The van der Waals surface area contributed by atoms with E-state index in [9.17, 15) is 14.0 Å². The summed E-state index contributed by atoms with van der Waals surface area (Å²) in [6.07, 6.45) is -1.73. The molecule has 0 radical (unpaired) electrons. The first-order chi connectivity index (χ1) is 14.0. The number of carbonyl (C=O) groups is 1. The second-order valence-electron chi connectivity index (χ2n) is 8.26. The van der Waals surface area contributed by atoms with Crippen molar-refractivity contribution < 1.29 is 28.2 Å². The Balaban J connectivity index is 1.94. The van der Waals surface area contributed by atoms with Gasteiger partial charge >= 0.3 is 6.16 Å². The Morgan fingerprint density at radius 1 is 1.43 bits per heavy atom. The maximum absolute atomic E-state index is 15.2. The molecule has 30 heavy (non-hydrogen) atoms. The van der Waals surface area contributed by atoms with Gasteiger partial charge in [-0.05, 0) is 25.5 Å². The van der Waals surface area contributed by atoms with E-state index in [0.717, 1.165) is 6.07 Å². The number of nitrogens with zero attached hydrogens (tertiary/aromatic N) is 2. The molecular formula is C20H23F2N3O5. The van der Waals surface area contributed by atoms with Gasteiger partial charge in [-0.2, -0.15) is 0 Å². The van der Waals surface area contributed by atoms with E-state index in [1.54, 1.807) is 18.9 Å². The normalized spacial score (nSPS) is 28.2. The Bertz CT molecular complexity index is 1100. The summed E-state index contributed by atoms with van der Waals surface area (Å²) in [6, 6.07) is 0.473.